The number of hydrogen-bond donors (Lipinski definition) is 2. The van der Waals surface area contributed by atoms with E-state index in [0.717, 1.165) is 11.1 Å². The van der Waals surface area contributed by atoms with Crippen molar-refractivity contribution in [3.05, 3.63) is 65.7 Å². The lowest BCUT2D eigenvalue weighted by atomic mass is 10.1. The Hall–Kier alpha value is -2.49. The predicted molar refractivity (Wildman–Crippen MR) is 87.6 cm³/mol. The lowest BCUT2D eigenvalue weighted by molar-refractivity contribution is 0.182. The first-order chi connectivity index (χ1) is 10.6. The van der Waals surface area contributed by atoms with Crippen LogP contribution in [0.4, 0.5) is 4.79 Å². The summed E-state index contributed by atoms with van der Waals surface area (Å²) in [5.74, 6) is 0.213. The smallest absolute Gasteiger partial charge is 0.318 e. The molecule has 0 aliphatic rings. The van der Waals surface area contributed by atoms with Crippen LogP contribution in [0.15, 0.2) is 54.6 Å². The molecule has 4 nitrogen and oxygen atoms in total. The van der Waals surface area contributed by atoms with Gasteiger partial charge < -0.3 is 15.3 Å². The van der Waals surface area contributed by atoms with Crippen LogP contribution >= 0.6 is 0 Å². The van der Waals surface area contributed by atoms with Gasteiger partial charge in [-0.15, -0.1) is 0 Å². The first-order valence-electron chi connectivity index (χ1n) is 7.49. The number of phenolic OH excluding ortho intramolecular Hbond substituents is 1. The maximum absolute atomic E-state index is 12.4. The number of phenols is 1. The summed E-state index contributed by atoms with van der Waals surface area (Å²) in [5.41, 5.74) is 1.98. The van der Waals surface area contributed by atoms with E-state index in [1.165, 1.54) is 0 Å². The molecular formula is C18H22N2O2. The van der Waals surface area contributed by atoms with Crippen molar-refractivity contribution in [2.45, 2.75) is 26.4 Å². The minimum Gasteiger partial charge on any atom is -0.508 e. The van der Waals surface area contributed by atoms with Gasteiger partial charge in [-0.05, 0) is 37.1 Å². The minimum atomic E-state index is -0.109. The Morgan fingerprint density at radius 1 is 1.18 bits per heavy atom. The maximum Gasteiger partial charge on any atom is 0.318 e. The molecule has 0 fully saturated rings. The monoisotopic (exact) mass is 298 g/mol. The average Bonchev–Trinajstić information content (AvgIpc) is 2.54. The molecule has 0 saturated heterocycles. The Morgan fingerprint density at radius 2 is 1.91 bits per heavy atom. The highest BCUT2D eigenvalue weighted by Gasteiger charge is 2.19. The van der Waals surface area contributed by atoms with Crippen molar-refractivity contribution in [2.75, 3.05) is 6.54 Å². The molecule has 22 heavy (non-hydrogen) atoms. The minimum absolute atomic E-state index is 0.104. The van der Waals surface area contributed by atoms with Crippen molar-refractivity contribution < 1.29 is 9.90 Å². The predicted octanol–water partition coefficient (Wildman–Crippen LogP) is 3.68. The van der Waals surface area contributed by atoms with Crippen molar-refractivity contribution in [2.24, 2.45) is 0 Å². The van der Waals surface area contributed by atoms with Crippen LogP contribution in [0, 0.1) is 0 Å². The molecule has 0 saturated carbocycles. The van der Waals surface area contributed by atoms with E-state index in [1.54, 1.807) is 23.1 Å². The maximum atomic E-state index is 12.4. The molecule has 0 radical (unpaired) electrons. The molecule has 2 N–H and O–H groups in total. The van der Waals surface area contributed by atoms with E-state index >= 15 is 0 Å². The number of urea groups is 1. The van der Waals surface area contributed by atoms with Crippen molar-refractivity contribution in [1.82, 2.24) is 10.2 Å². The summed E-state index contributed by atoms with van der Waals surface area (Å²) in [7, 11) is 0. The molecule has 2 rings (SSSR count). The third-order valence-electron chi connectivity index (χ3n) is 3.71. The summed E-state index contributed by atoms with van der Waals surface area (Å²) in [4.78, 5) is 14.1. The number of amides is 2. The van der Waals surface area contributed by atoms with Gasteiger partial charge in [0.25, 0.3) is 0 Å². The van der Waals surface area contributed by atoms with Crippen molar-refractivity contribution in [3.8, 4) is 5.75 Å². The lowest BCUT2D eigenvalue weighted by Gasteiger charge is -2.28. The standard InChI is InChI=1S/C18H22N2O2/c1-3-20(14(2)16-10-7-11-17(21)12-16)18(22)19-13-15-8-5-4-6-9-15/h4-12,14,21H,3,13H2,1-2H3,(H,19,22). The van der Waals surface area contributed by atoms with Crippen molar-refractivity contribution in [1.29, 1.82) is 0 Å². The fraction of sp³-hybridized carbons (Fsp3) is 0.278. The van der Waals surface area contributed by atoms with E-state index < -0.39 is 0 Å². The van der Waals surface area contributed by atoms with Crippen LogP contribution in [-0.2, 0) is 6.54 Å². The van der Waals surface area contributed by atoms with E-state index in [9.17, 15) is 9.90 Å². The summed E-state index contributed by atoms with van der Waals surface area (Å²) >= 11 is 0. The molecule has 0 bridgehead atoms. The normalized spacial score (nSPS) is 11.7. The molecular weight excluding hydrogens is 276 g/mol. The Labute approximate surface area is 131 Å². The van der Waals surface area contributed by atoms with Gasteiger partial charge in [-0.1, -0.05) is 42.5 Å². The van der Waals surface area contributed by atoms with Gasteiger partial charge in [-0.3, -0.25) is 0 Å². The molecule has 0 spiro atoms. The summed E-state index contributed by atoms with van der Waals surface area (Å²) in [6.45, 7) is 5.00. The second-order valence-corrected chi connectivity index (χ2v) is 5.20. The number of carbonyl (C=O) groups is 1. The van der Waals surface area contributed by atoms with Crippen LogP contribution in [-0.4, -0.2) is 22.6 Å². The summed E-state index contributed by atoms with van der Waals surface area (Å²) in [6.07, 6.45) is 0. The molecule has 0 aliphatic carbocycles. The molecule has 2 amide bonds. The quantitative estimate of drug-likeness (QED) is 0.884. The Morgan fingerprint density at radius 3 is 2.55 bits per heavy atom. The Bertz CT molecular complexity index is 613. The first kappa shape index (κ1) is 15.9. The molecule has 1 unspecified atom stereocenters. The van der Waals surface area contributed by atoms with Crippen LogP contribution in [0.2, 0.25) is 0 Å². The zero-order chi connectivity index (χ0) is 15.9. The molecule has 2 aromatic carbocycles. The molecule has 0 aliphatic heterocycles. The third kappa shape index (κ3) is 4.01. The second-order valence-electron chi connectivity index (χ2n) is 5.20. The SMILES string of the molecule is CCN(C(=O)NCc1ccccc1)C(C)c1cccc(O)c1. The van der Waals surface area contributed by atoms with Crippen LogP contribution in [0.5, 0.6) is 5.75 Å². The number of rotatable bonds is 5. The van der Waals surface area contributed by atoms with Gasteiger partial charge in [0.15, 0.2) is 0 Å². The van der Waals surface area contributed by atoms with E-state index in [0.29, 0.717) is 13.1 Å². The molecule has 0 heterocycles. The number of nitrogens with zero attached hydrogens (tertiary/aromatic N) is 1. The zero-order valence-electron chi connectivity index (χ0n) is 13.0. The lowest BCUT2D eigenvalue weighted by Crippen LogP contribution is -2.41. The topological polar surface area (TPSA) is 52.6 Å². The van der Waals surface area contributed by atoms with Gasteiger partial charge in [0.05, 0.1) is 6.04 Å². The van der Waals surface area contributed by atoms with Crippen molar-refractivity contribution in [3.63, 3.8) is 0 Å². The van der Waals surface area contributed by atoms with Gasteiger partial charge in [-0.25, -0.2) is 4.79 Å². The molecule has 0 aromatic heterocycles. The summed E-state index contributed by atoms with van der Waals surface area (Å²) < 4.78 is 0. The number of carbonyl (C=O) groups excluding carboxylic acids is 1. The highest BCUT2D eigenvalue weighted by molar-refractivity contribution is 5.74. The summed E-state index contributed by atoms with van der Waals surface area (Å²) in [5, 5.41) is 12.5. The number of nitrogens with one attached hydrogen (secondary N) is 1. The van der Waals surface area contributed by atoms with E-state index in [1.807, 2.05) is 50.2 Å². The van der Waals surface area contributed by atoms with Crippen LogP contribution in [0.25, 0.3) is 0 Å². The Kier molecular flexibility index (Phi) is 5.42. The third-order valence-corrected chi connectivity index (χ3v) is 3.71. The van der Waals surface area contributed by atoms with E-state index in [-0.39, 0.29) is 17.8 Å². The number of hydrogen-bond acceptors (Lipinski definition) is 2. The molecule has 4 heteroatoms. The first-order valence-corrected chi connectivity index (χ1v) is 7.49. The highest BCUT2D eigenvalue weighted by atomic mass is 16.3. The molecule has 1 atom stereocenters. The van der Waals surface area contributed by atoms with E-state index in [4.69, 9.17) is 0 Å². The van der Waals surface area contributed by atoms with Gasteiger partial charge in [-0.2, -0.15) is 0 Å². The van der Waals surface area contributed by atoms with Gasteiger partial charge in [0, 0.05) is 13.1 Å². The van der Waals surface area contributed by atoms with Gasteiger partial charge in [0.1, 0.15) is 5.75 Å². The second kappa shape index (κ2) is 7.50. The fourth-order valence-corrected chi connectivity index (χ4v) is 2.43. The van der Waals surface area contributed by atoms with E-state index in [2.05, 4.69) is 5.32 Å². The Balaban J connectivity index is 2.02. The van der Waals surface area contributed by atoms with Crippen LogP contribution in [0.3, 0.4) is 0 Å². The van der Waals surface area contributed by atoms with Crippen LogP contribution in [0.1, 0.15) is 31.0 Å². The van der Waals surface area contributed by atoms with Gasteiger partial charge >= 0.3 is 6.03 Å². The zero-order valence-corrected chi connectivity index (χ0v) is 13.0. The largest absolute Gasteiger partial charge is 0.508 e. The average molecular weight is 298 g/mol. The van der Waals surface area contributed by atoms with Gasteiger partial charge in [0.2, 0.25) is 0 Å². The molecule has 116 valence electrons. The number of aromatic hydroxyl groups is 1. The number of benzene rings is 2. The summed E-state index contributed by atoms with van der Waals surface area (Å²) in [6, 6.07) is 16.6. The van der Waals surface area contributed by atoms with Crippen LogP contribution < -0.4 is 5.32 Å². The fourth-order valence-electron chi connectivity index (χ4n) is 2.43. The van der Waals surface area contributed by atoms with Crippen molar-refractivity contribution >= 4 is 6.03 Å². The molecule has 2 aromatic rings. The highest BCUT2D eigenvalue weighted by Crippen LogP contribution is 2.23.